The number of fused-ring (bicyclic) bond motifs is 1. The Hall–Kier alpha value is -2.42. The van der Waals surface area contributed by atoms with Gasteiger partial charge in [0.2, 0.25) is 0 Å². The van der Waals surface area contributed by atoms with Crippen LogP contribution in [0.5, 0.6) is 0 Å². The normalized spacial score (nSPS) is 16.3. The van der Waals surface area contributed by atoms with E-state index in [2.05, 4.69) is 15.3 Å². The van der Waals surface area contributed by atoms with Crippen LogP contribution in [0.3, 0.4) is 0 Å². The maximum atomic E-state index is 12.5. The summed E-state index contributed by atoms with van der Waals surface area (Å²) in [4.78, 5) is 33.4. The molecule has 3 heterocycles. The second-order valence-electron chi connectivity index (χ2n) is 5.81. The molecule has 3 N–H and O–H groups in total. The van der Waals surface area contributed by atoms with Gasteiger partial charge < -0.3 is 20.4 Å². The molecule has 1 aliphatic rings. The van der Waals surface area contributed by atoms with Crippen molar-refractivity contribution in [2.75, 3.05) is 12.3 Å². The molecule has 0 fully saturated rings. The Bertz CT molecular complexity index is 798. The number of rotatable bonds is 5. The van der Waals surface area contributed by atoms with Gasteiger partial charge in [0.05, 0.1) is 12.3 Å². The Balaban J connectivity index is 1.68. The Morgan fingerprint density at radius 2 is 2.24 bits per heavy atom. The SMILES string of the molecule is CCOC(=O)c1cn2c(n1)CCC(NC(=O)c1sc(N)nc1CC)C2. The molecule has 9 heteroatoms. The first-order valence-electron chi connectivity index (χ1n) is 8.31. The predicted molar refractivity (Wildman–Crippen MR) is 93.7 cm³/mol. The summed E-state index contributed by atoms with van der Waals surface area (Å²) in [7, 11) is 0. The van der Waals surface area contributed by atoms with Crippen LogP contribution in [0.2, 0.25) is 0 Å². The first-order chi connectivity index (χ1) is 12.0. The zero-order valence-electron chi connectivity index (χ0n) is 14.2. The lowest BCUT2D eigenvalue weighted by Crippen LogP contribution is -2.40. The summed E-state index contributed by atoms with van der Waals surface area (Å²) in [5.41, 5.74) is 6.75. The third-order valence-corrected chi connectivity index (χ3v) is 4.99. The number of esters is 1. The highest BCUT2D eigenvalue weighted by atomic mass is 32.1. The molecule has 2 aromatic rings. The average Bonchev–Trinajstić information content (AvgIpc) is 3.17. The van der Waals surface area contributed by atoms with Crippen molar-refractivity contribution in [2.45, 2.75) is 45.7 Å². The van der Waals surface area contributed by atoms with Crippen molar-refractivity contribution in [3.8, 4) is 0 Å². The first-order valence-corrected chi connectivity index (χ1v) is 9.12. The minimum absolute atomic E-state index is 0.0303. The number of carbonyl (C=O) groups is 2. The van der Waals surface area contributed by atoms with E-state index in [1.165, 1.54) is 11.3 Å². The second kappa shape index (κ2) is 7.22. The standard InChI is InChI=1S/C16H21N5O3S/c1-3-10-13(25-16(17)20-10)14(22)18-9-5-6-12-19-11(8-21(12)7-9)15(23)24-4-2/h8-9H,3-7H2,1-2H3,(H2,17,20)(H,18,22). The number of nitrogens with zero attached hydrogens (tertiary/aromatic N) is 3. The van der Waals surface area contributed by atoms with Gasteiger partial charge in [-0.1, -0.05) is 18.3 Å². The topological polar surface area (TPSA) is 112 Å². The van der Waals surface area contributed by atoms with Crippen molar-refractivity contribution in [1.29, 1.82) is 0 Å². The number of hydrogen-bond donors (Lipinski definition) is 2. The van der Waals surface area contributed by atoms with Crippen LogP contribution >= 0.6 is 11.3 Å². The van der Waals surface area contributed by atoms with Crippen LogP contribution in [-0.2, 0) is 24.1 Å². The maximum absolute atomic E-state index is 12.5. The lowest BCUT2D eigenvalue weighted by Gasteiger charge is -2.24. The number of aryl methyl sites for hydroxylation is 2. The largest absolute Gasteiger partial charge is 0.461 e. The van der Waals surface area contributed by atoms with E-state index < -0.39 is 5.97 Å². The van der Waals surface area contributed by atoms with Crippen molar-refractivity contribution in [1.82, 2.24) is 19.9 Å². The third-order valence-electron chi connectivity index (χ3n) is 4.07. The Morgan fingerprint density at radius 1 is 1.44 bits per heavy atom. The third kappa shape index (κ3) is 3.65. The smallest absolute Gasteiger partial charge is 0.358 e. The lowest BCUT2D eigenvalue weighted by atomic mass is 10.1. The molecule has 134 valence electrons. The van der Waals surface area contributed by atoms with E-state index in [0.717, 1.165) is 17.9 Å². The number of nitrogens with one attached hydrogen (secondary N) is 1. The number of carbonyl (C=O) groups excluding carboxylic acids is 2. The number of imidazole rings is 1. The van der Waals surface area contributed by atoms with Gasteiger partial charge in [-0.15, -0.1) is 0 Å². The summed E-state index contributed by atoms with van der Waals surface area (Å²) < 4.78 is 6.89. The van der Waals surface area contributed by atoms with E-state index in [0.29, 0.717) is 41.7 Å². The van der Waals surface area contributed by atoms with E-state index in [1.807, 2.05) is 11.5 Å². The number of hydrogen-bond acceptors (Lipinski definition) is 7. The molecule has 2 aromatic heterocycles. The van der Waals surface area contributed by atoms with Gasteiger partial charge in [0.15, 0.2) is 10.8 Å². The predicted octanol–water partition coefficient (Wildman–Crippen LogP) is 1.41. The van der Waals surface area contributed by atoms with Crippen LogP contribution in [-0.4, -0.2) is 39.1 Å². The molecule has 0 saturated carbocycles. The Kier molecular flexibility index (Phi) is 5.03. The average molecular weight is 363 g/mol. The summed E-state index contributed by atoms with van der Waals surface area (Å²) >= 11 is 1.21. The van der Waals surface area contributed by atoms with Gasteiger partial charge in [0, 0.05) is 25.2 Å². The number of anilines is 1. The fourth-order valence-electron chi connectivity index (χ4n) is 2.90. The van der Waals surface area contributed by atoms with Crippen molar-refractivity contribution < 1.29 is 14.3 Å². The minimum Gasteiger partial charge on any atom is -0.461 e. The zero-order valence-corrected chi connectivity index (χ0v) is 15.1. The summed E-state index contributed by atoms with van der Waals surface area (Å²) in [6.07, 6.45) is 3.81. The minimum atomic E-state index is -0.419. The number of nitrogen functional groups attached to an aromatic ring is 1. The summed E-state index contributed by atoms with van der Waals surface area (Å²) in [5.74, 6) is 0.271. The number of nitrogens with two attached hydrogens (primary N) is 1. The van der Waals surface area contributed by atoms with Gasteiger partial charge in [-0.05, 0) is 19.8 Å². The van der Waals surface area contributed by atoms with Crippen LogP contribution in [0.4, 0.5) is 5.13 Å². The van der Waals surface area contributed by atoms with Crippen LogP contribution in [0.1, 0.15) is 51.9 Å². The fourth-order valence-corrected chi connectivity index (χ4v) is 3.73. The van der Waals surface area contributed by atoms with Gasteiger partial charge in [0.25, 0.3) is 5.91 Å². The van der Waals surface area contributed by atoms with Crippen molar-refractivity contribution in [3.63, 3.8) is 0 Å². The van der Waals surface area contributed by atoms with E-state index >= 15 is 0 Å². The molecule has 0 bridgehead atoms. The Labute approximate surface area is 149 Å². The number of aromatic nitrogens is 3. The summed E-state index contributed by atoms with van der Waals surface area (Å²) in [6.45, 7) is 4.59. The van der Waals surface area contributed by atoms with Gasteiger partial charge in [-0.25, -0.2) is 14.8 Å². The van der Waals surface area contributed by atoms with Crippen LogP contribution in [0, 0.1) is 0 Å². The highest BCUT2D eigenvalue weighted by molar-refractivity contribution is 7.17. The van der Waals surface area contributed by atoms with Crippen LogP contribution in [0.15, 0.2) is 6.20 Å². The molecule has 1 amide bonds. The van der Waals surface area contributed by atoms with Crippen molar-refractivity contribution in [2.24, 2.45) is 0 Å². The molecule has 1 atom stereocenters. The first kappa shape index (κ1) is 17.4. The Morgan fingerprint density at radius 3 is 2.96 bits per heavy atom. The molecule has 0 aliphatic carbocycles. The van der Waals surface area contributed by atoms with E-state index in [4.69, 9.17) is 10.5 Å². The van der Waals surface area contributed by atoms with Gasteiger partial charge in [0.1, 0.15) is 10.7 Å². The lowest BCUT2D eigenvalue weighted by molar-refractivity contribution is 0.0519. The summed E-state index contributed by atoms with van der Waals surface area (Å²) in [6, 6.07) is -0.0303. The van der Waals surface area contributed by atoms with E-state index in [1.54, 1.807) is 13.1 Å². The number of ether oxygens (including phenoxy) is 1. The second-order valence-corrected chi connectivity index (χ2v) is 6.84. The molecule has 0 spiro atoms. The van der Waals surface area contributed by atoms with E-state index in [-0.39, 0.29) is 11.9 Å². The highest BCUT2D eigenvalue weighted by Crippen LogP contribution is 2.22. The number of thiazole rings is 1. The van der Waals surface area contributed by atoms with Gasteiger partial charge >= 0.3 is 5.97 Å². The van der Waals surface area contributed by atoms with E-state index in [9.17, 15) is 9.59 Å². The molecule has 0 radical (unpaired) electrons. The molecule has 1 aliphatic heterocycles. The molecule has 0 saturated heterocycles. The molecule has 0 aromatic carbocycles. The van der Waals surface area contributed by atoms with Gasteiger partial charge in [-0.3, -0.25) is 4.79 Å². The fraction of sp³-hybridized carbons (Fsp3) is 0.500. The molecule has 1 unspecified atom stereocenters. The quantitative estimate of drug-likeness (QED) is 0.777. The van der Waals surface area contributed by atoms with Crippen molar-refractivity contribution in [3.05, 3.63) is 28.3 Å². The monoisotopic (exact) mass is 363 g/mol. The van der Waals surface area contributed by atoms with Crippen LogP contribution in [0.25, 0.3) is 0 Å². The maximum Gasteiger partial charge on any atom is 0.358 e. The summed E-state index contributed by atoms with van der Waals surface area (Å²) in [5, 5.41) is 3.44. The molecule has 25 heavy (non-hydrogen) atoms. The molecular weight excluding hydrogens is 342 g/mol. The number of amides is 1. The molecule has 3 rings (SSSR count). The molecule has 8 nitrogen and oxygen atoms in total. The van der Waals surface area contributed by atoms with Gasteiger partial charge in [-0.2, -0.15) is 0 Å². The molecular formula is C16H21N5O3S. The van der Waals surface area contributed by atoms with Crippen LogP contribution < -0.4 is 11.1 Å². The zero-order chi connectivity index (χ0) is 18.0. The highest BCUT2D eigenvalue weighted by Gasteiger charge is 2.25. The van der Waals surface area contributed by atoms with Crippen molar-refractivity contribution >= 4 is 28.3 Å².